The molecule has 0 radical (unpaired) electrons. The number of anilines is 2. The Bertz CT molecular complexity index is 1300. The van der Waals surface area contributed by atoms with Crippen LogP contribution in [-0.4, -0.2) is 41.6 Å². The van der Waals surface area contributed by atoms with Crippen LogP contribution in [0.4, 0.5) is 11.4 Å². The van der Waals surface area contributed by atoms with Gasteiger partial charge in [-0.25, -0.2) is 9.78 Å². The number of amides is 2. The average molecular weight is 432 g/mol. The summed E-state index contributed by atoms with van der Waals surface area (Å²) < 4.78 is 3.01. The van der Waals surface area contributed by atoms with E-state index in [1.54, 1.807) is 61.3 Å². The van der Waals surface area contributed by atoms with E-state index in [2.05, 4.69) is 31.0 Å². The van der Waals surface area contributed by atoms with Crippen molar-refractivity contribution >= 4 is 23.2 Å². The normalized spacial score (nSPS) is 11.7. The highest BCUT2D eigenvalue weighted by Crippen LogP contribution is 2.19. The predicted octanol–water partition coefficient (Wildman–Crippen LogP) is 1.91. The van der Waals surface area contributed by atoms with Crippen molar-refractivity contribution in [2.75, 3.05) is 10.6 Å². The lowest BCUT2D eigenvalue weighted by atomic mass is 10.2. The Kier molecular flexibility index (Phi) is 5.62. The summed E-state index contributed by atoms with van der Waals surface area (Å²) in [6.07, 6.45) is 4.75. The molecule has 0 aliphatic carbocycles. The van der Waals surface area contributed by atoms with E-state index in [1.807, 2.05) is 0 Å². The molecular formula is C21H20N8O3. The third-order valence-electron chi connectivity index (χ3n) is 4.82. The van der Waals surface area contributed by atoms with Crippen molar-refractivity contribution in [1.29, 1.82) is 0 Å². The molecule has 0 saturated heterocycles. The molecule has 3 heterocycles. The van der Waals surface area contributed by atoms with E-state index in [9.17, 15) is 14.4 Å². The summed E-state index contributed by atoms with van der Waals surface area (Å²) in [7, 11) is 0. The Balaban J connectivity index is 1.47. The van der Waals surface area contributed by atoms with Gasteiger partial charge in [-0.05, 0) is 44.2 Å². The monoisotopic (exact) mass is 432 g/mol. The van der Waals surface area contributed by atoms with Gasteiger partial charge in [0.2, 0.25) is 5.91 Å². The fourth-order valence-corrected chi connectivity index (χ4v) is 3.07. The first-order chi connectivity index (χ1) is 15.4. The van der Waals surface area contributed by atoms with E-state index in [0.29, 0.717) is 28.5 Å². The number of aromatic amines is 1. The van der Waals surface area contributed by atoms with Crippen LogP contribution in [0.2, 0.25) is 0 Å². The molecule has 1 unspecified atom stereocenters. The number of hydrogen-bond donors (Lipinski definition) is 3. The van der Waals surface area contributed by atoms with Crippen molar-refractivity contribution < 1.29 is 9.59 Å². The number of carbonyl (C=O) groups is 2. The Morgan fingerprint density at radius 1 is 1.06 bits per heavy atom. The van der Waals surface area contributed by atoms with Crippen molar-refractivity contribution in [3.8, 4) is 5.82 Å². The van der Waals surface area contributed by atoms with E-state index >= 15 is 0 Å². The number of rotatable bonds is 6. The van der Waals surface area contributed by atoms with E-state index in [4.69, 9.17) is 0 Å². The topological polar surface area (TPSA) is 140 Å². The van der Waals surface area contributed by atoms with Crippen molar-refractivity contribution in [2.24, 2.45) is 0 Å². The average Bonchev–Trinajstić information content (AvgIpc) is 3.44. The number of aromatic nitrogens is 6. The minimum Gasteiger partial charge on any atom is -0.324 e. The van der Waals surface area contributed by atoms with Gasteiger partial charge in [0.05, 0.1) is 17.5 Å². The maximum absolute atomic E-state index is 12.8. The van der Waals surface area contributed by atoms with Crippen LogP contribution in [0.25, 0.3) is 5.82 Å². The Labute approximate surface area is 182 Å². The number of hydrogen-bond acceptors (Lipinski definition) is 6. The van der Waals surface area contributed by atoms with Crippen LogP contribution >= 0.6 is 0 Å². The van der Waals surface area contributed by atoms with E-state index in [0.717, 1.165) is 0 Å². The van der Waals surface area contributed by atoms with Gasteiger partial charge in [-0.1, -0.05) is 6.07 Å². The summed E-state index contributed by atoms with van der Waals surface area (Å²) >= 11 is 0. The van der Waals surface area contributed by atoms with Gasteiger partial charge in [-0.2, -0.15) is 15.3 Å². The van der Waals surface area contributed by atoms with Crippen molar-refractivity contribution in [3.05, 3.63) is 82.7 Å². The van der Waals surface area contributed by atoms with Gasteiger partial charge < -0.3 is 10.6 Å². The molecule has 11 heteroatoms. The molecule has 0 saturated carbocycles. The first kappa shape index (κ1) is 20.7. The second-order valence-electron chi connectivity index (χ2n) is 7.02. The summed E-state index contributed by atoms with van der Waals surface area (Å²) in [5.74, 6) is -0.216. The van der Waals surface area contributed by atoms with E-state index in [1.165, 1.54) is 23.0 Å². The van der Waals surface area contributed by atoms with Gasteiger partial charge in [0.15, 0.2) is 5.82 Å². The lowest BCUT2D eigenvalue weighted by Crippen LogP contribution is -2.24. The second kappa shape index (κ2) is 8.68. The molecule has 3 aromatic heterocycles. The van der Waals surface area contributed by atoms with Crippen LogP contribution in [0.3, 0.4) is 0 Å². The molecule has 11 nitrogen and oxygen atoms in total. The zero-order valence-electron chi connectivity index (χ0n) is 17.3. The molecule has 3 N–H and O–H groups in total. The molecule has 4 aromatic rings. The van der Waals surface area contributed by atoms with Crippen molar-refractivity contribution in [3.63, 3.8) is 0 Å². The van der Waals surface area contributed by atoms with Crippen LogP contribution in [0.1, 0.15) is 29.0 Å². The number of nitrogens with zero attached hydrogens (tertiary/aromatic N) is 5. The summed E-state index contributed by atoms with van der Waals surface area (Å²) in [5, 5.41) is 20.1. The van der Waals surface area contributed by atoms with E-state index < -0.39 is 6.04 Å². The van der Waals surface area contributed by atoms with Gasteiger partial charge in [-0.15, -0.1) is 0 Å². The van der Waals surface area contributed by atoms with E-state index in [-0.39, 0.29) is 17.4 Å². The molecule has 1 aromatic carbocycles. The summed E-state index contributed by atoms with van der Waals surface area (Å²) in [4.78, 5) is 36.5. The van der Waals surface area contributed by atoms with Crippen LogP contribution in [0.15, 0.2) is 65.8 Å². The number of H-pyrrole nitrogens is 1. The third-order valence-corrected chi connectivity index (χ3v) is 4.82. The van der Waals surface area contributed by atoms with Gasteiger partial charge in [0.1, 0.15) is 6.04 Å². The van der Waals surface area contributed by atoms with Crippen molar-refractivity contribution in [1.82, 2.24) is 29.8 Å². The zero-order chi connectivity index (χ0) is 22.7. The van der Waals surface area contributed by atoms with Crippen LogP contribution in [-0.2, 0) is 4.79 Å². The molecule has 0 spiro atoms. The van der Waals surface area contributed by atoms with Gasteiger partial charge in [-0.3, -0.25) is 19.1 Å². The summed E-state index contributed by atoms with van der Waals surface area (Å²) in [6, 6.07) is 10.9. The number of carbonyl (C=O) groups excluding carboxylic acids is 2. The quantitative estimate of drug-likeness (QED) is 0.425. The highest BCUT2D eigenvalue weighted by molar-refractivity contribution is 6.05. The SMILES string of the molecule is Cc1c(C(=O)Nc2cccc(NC(=O)C(C)n3cccn3)c2)cnn1-c1ccc(=O)[nH]n1. The maximum atomic E-state index is 12.8. The molecule has 32 heavy (non-hydrogen) atoms. The molecule has 1 atom stereocenters. The van der Waals surface area contributed by atoms with Crippen LogP contribution in [0.5, 0.6) is 0 Å². The summed E-state index contributed by atoms with van der Waals surface area (Å²) in [5.41, 5.74) is 1.62. The molecule has 4 rings (SSSR count). The minimum atomic E-state index is -0.488. The lowest BCUT2D eigenvalue weighted by Gasteiger charge is -2.13. The Morgan fingerprint density at radius 2 is 1.84 bits per heavy atom. The van der Waals surface area contributed by atoms with Gasteiger partial charge in [0.25, 0.3) is 11.5 Å². The fraction of sp³-hybridized carbons (Fsp3) is 0.143. The first-order valence-electron chi connectivity index (χ1n) is 9.74. The fourth-order valence-electron chi connectivity index (χ4n) is 3.07. The van der Waals surface area contributed by atoms with Gasteiger partial charge in [0, 0.05) is 29.8 Å². The predicted molar refractivity (Wildman–Crippen MR) is 117 cm³/mol. The molecule has 0 fully saturated rings. The molecule has 2 amide bonds. The molecular weight excluding hydrogens is 412 g/mol. The Morgan fingerprint density at radius 3 is 2.53 bits per heavy atom. The van der Waals surface area contributed by atoms with Gasteiger partial charge >= 0.3 is 0 Å². The second-order valence-corrected chi connectivity index (χ2v) is 7.02. The smallest absolute Gasteiger partial charge is 0.264 e. The van der Waals surface area contributed by atoms with Crippen molar-refractivity contribution in [2.45, 2.75) is 19.9 Å². The third kappa shape index (κ3) is 4.31. The number of nitrogens with one attached hydrogen (secondary N) is 3. The standard InChI is InChI=1S/C21H20N8O3/c1-13-17(12-23-29(13)18-7-8-19(30)27-26-18)21(32)25-16-6-3-5-15(11-16)24-20(31)14(2)28-10-4-9-22-28/h3-12,14H,1-2H3,(H,24,31)(H,25,32)(H,27,30). The highest BCUT2D eigenvalue weighted by atomic mass is 16.2. The zero-order valence-corrected chi connectivity index (χ0v) is 17.3. The molecule has 0 aliphatic heterocycles. The number of benzene rings is 1. The first-order valence-corrected chi connectivity index (χ1v) is 9.74. The van der Waals surface area contributed by atoms with Crippen LogP contribution < -0.4 is 16.2 Å². The largest absolute Gasteiger partial charge is 0.324 e. The molecule has 0 aliphatic rings. The lowest BCUT2D eigenvalue weighted by molar-refractivity contribution is -0.119. The minimum absolute atomic E-state index is 0.234. The Hall–Kier alpha value is -4.54. The van der Waals surface area contributed by atoms with Crippen LogP contribution in [0, 0.1) is 6.92 Å². The maximum Gasteiger partial charge on any atom is 0.264 e. The molecule has 162 valence electrons. The molecule has 0 bridgehead atoms. The summed E-state index contributed by atoms with van der Waals surface area (Å²) in [6.45, 7) is 3.47. The highest BCUT2D eigenvalue weighted by Gasteiger charge is 2.17.